The first-order valence-electron chi connectivity index (χ1n) is 29.5. The third-order valence-electron chi connectivity index (χ3n) is 13.8. The highest BCUT2D eigenvalue weighted by Gasteiger charge is 2.18. The van der Waals surface area contributed by atoms with Crippen molar-refractivity contribution in [3.63, 3.8) is 0 Å². The molecule has 0 aliphatic heterocycles. The van der Waals surface area contributed by atoms with Crippen LogP contribution in [-0.4, -0.2) is 47.4 Å². The summed E-state index contributed by atoms with van der Waals surface area (Å²) in [7, 11) is 0. The largest absolute Gasteiger partial charge is 0.466 e. The summed E-state index contributed by atoms with van der Waals surface area (Å²) in [6, 6.07) is -0.637. The Morgan fingerprint density at radius 1 is 0.415 bits per heavy atom. The summed E-state index contributed by atoms with van der Waals surface area (Å²) in [6.07, 6.45) is 65.2. The van der Waals surface area contributed by atoms with Crippen molar-refractivity contribution in [3.8, 4) is 0 Å². The van der Waals surface area contributed by atoms with Crippen molar-refractivity contribution >= 4 is 11.9 Å². The fraction of sp³-hybridized carbons (Fsp3) is 0.932. The number of allylic oxidation sites excluding steroid dienone is 1. The molecule has 0 saturated carbocycles. The summed E-state index contributed by atoms with van der Waals surface area (Å²) in [5, 5.41) is 23.2. The SMILES string of the molecule is CCCCCCCCCCCCCCCCCCCCCCC/C=C/C(O)C(CO)NC(=O)CCCCCCCCCCCCCCCOC(=O)CCCCCCCCCCCCCC. The van der Waals surface area contributed by atoms with Gasteiger partial charge in [0.05, 0.1) is 25.4 Å². The second-order valence-electron chi connectivity index (χ2n) is 20.3. The van der Waals surface area contributed by atoms with Crippen molar-refractivity contribution in [2.45, 2.75) is 341 Å². The number of nitrogens with one attached hydrogen (secondary N) is 1. The molecule has 0 aliphatic rings. The molecule has 0 aliphatic carbocycles. The zero-order valence-corrected chi connectivity index (χ0v) is 44.0. The van der Waals surface area contributed by atoms with E-state index in [-0.39, 0.29) is 18.5 Å². The number of carbonyl (C=O) groups excluding carboxylic acids is 2. The zero-order valence-electron chi connectivity index (χ0n) is 44.0. The molecule has 0 aromatic heterocycles. The molecule has 2 atom stereocenters. The van der Waals surface area contributed by atoms with Crippen LogP contribution in [0, 0.1) is 0 Å². The predicted octanol–water partition coefficient (Wildman–Crippen LogP) is 18.1. The topological polar surface area (TPSA) is 95.9 Å². The molecule has 0 rings (SSSR count). The number of amides is 1. The van der Waals surface area contributed by atoms with E-state index in [0.717, 1.165) is 57.8 Å². The van der Waals surface area contributed by atoms with E-state index in [9.17, 15) is 19.8 Å². The Kier molecular flexibility index (Phi) is 54.0. The normalized spacial score (nSPS) is 12.6. The highest BCUT2D eigenvalue weighted by atomic mass is 16.5. The Morgan fingerprint density at radius 3 is 1.05 bits per heavy atom. The first-order valence-corrected chi connectivity index (χ1v) is 29.5. The molecule has 0 spiro atoms. The van der Waals surface area contributed by atoms with Crippen molar-refractivity contribution in [2.75, 3.05) is 13.2 Å². The van der Waals surface area contributed by atoms with Crippen LogP contribution < -0.4 is 5.32 Å². The Hall–Kier alpha value is -1.40. The monoisotopic (exact) mass is 918 g/mol. The number of unbranched alkanes of at least 4 members (excludes halogenated alkanes) is 44. The van der Waals surface area contributed by atoms with Gasteiger partial charge in [-0.25, -0.2) is 0 Å². The van der Waals surface area contributed by atoms with Gasteiger partial charge in [0.2, 0.25) is 5.91 Å². The maximum Gasteiger partial charge on any atom is 0.305 e. The average molecular weight is 919 g/mol. The maximum atomic E-state index is 12.5. The lowest BCUT2D eigenvalue weighted by atomic mass is 10.0. The number of hydrogen-bond acceptors (Lipinski definition) is 5. The smallest absolute Gasteiger partial charge is 0.305 e. The van der Waals surface area contributed by atoms with Crippen LogP contribution in [0.25, 0.3) is 0 Å². The highest BCUT2D eigenvalue weighted by molar-refractivity contribution is 5.76. The summed E-state index contributed by atoms with van der Waals surface area (Å²) in [5.74, 6) is -0.0822. The summed E-state index contributed by atoms with van der Waals surface area (Å²) < 4.78 is 5.46. The number of esters is 1. The van der Waals surface area contributed by atoms with Crippen LogP contribution in [0.4, 0.5) is 0 Å². The number of hydrogen-bond donors (Lipinski definition) is 3. The van der Waals surface area contributed by atoms with Gasteiger partial charge in [0.1, 0.15) is 0 Å². The average Bonchev–Trinajstić information content (AvgIpc) is 3.31. The van der Waals surface area contributed by atoms with E-state index >= 15 is 0 Å². The van der Waals surface area contributed by atoms with E-state index in [4.69, 9.17) is 4.74 Å². The van der Waals surface area contributed by atoms with Gasteiger partial charge in [-0.1, -0.05) is 296 Å². The van der Waals surface area contributed by atoms with Crippen molar-refractivity contribution in [2.24, 2.45) is 0 Å². The summed E-state index contributed by atoms with van der Waals surface area (Å²) >= 11 is 0. The molecule has 0 radical (unpaired) electrons. The van der Waals surface area contributed by atoms with E-state index in [1.54, 1.807) is 6.08 Å². The van der Waals surface area contributed by atoms with Crippen LogP contribution in [0.1, 0.15) is 328 Å². The molecular formula is C59H115NO5. The quantitative estimate of drug-likeness (QED) is 0.0321. The third-order valence-corrected chi connectivity index (χ3v) is 13.8. The van der Waals surface area contributed by atoms with Gasteiger partial charge in [0.15, 0.2) is 0 Å². The molecule has 3 N–H and O–H groups in total. The Balaban J connectivity index is 3.48. The molecule has 2 unspecified atom stereocenters. The molecule has 0 bridgehead atoms. The molecular weight excluding hydrogens is 803 g/mol. The van der Waals surface area contributed by atoms with Gasteiger partial charge in [0.25, 0.3) is 0 Å². The zero-order chi connectivity index (χ0) is 47.2. The highest BCUT2D eigenvalue weighted by Crippen LogP contribution is 2.17. The van der Waals surface area contributed by atoms with Crippen molar-refractivity contribution in [1.29, 1.82) is 0 Å². The summed E-state index contributed by atoms with van der Waals surface area (Å²) in [6.45, 7) is 4.90. The van der Waals surface area contributed by atoms with Gasteiger partial charge < -0.3 is 20.3 Å². The fourth-order valence-corrected chi connectivity index (χ4v) is 9.28. The predicted molar refractivity (Wildman–Crippen MR) is 283 cm³/mol. The molecule has 0 fully saturated rings. The Labute approximate surface area is 406 Å². The lowest BCUT2D eigenvalue weighted by molar-refractivity contribution is -0.143. The van der Waals surface area contributed by atoms with E-state index in [1.807, 2.05) is 6.08 Å². The van der Waals surface area contributed by atoms with Crippen LogP contribution >= 0.6 is 0 Å². The lowest BCUT2D eigenvalue weighted by Crippen LogP contribution is -2.45. The number of ether oxygens (including phenoxy) is 1. The minimum absolute atomic E-state index is 0.00525. The van der Waals surface area contributed by atoms with Crippen LogP contribution in [0.15, 0.2) is 12.2 Å². The van der Waals surface area contributed by atoms with Crippen molar-refractivity contribution in [3.05, 3.63) is 12.2 Å². The molecule has 65 heavy (non-hydrogen) atoms. The standard InChI is InChI=1S/C59H115NO5/c1-3-5-7-9-11-13-15-17-18-19-20-21-22-23-24-25-26-28-31-35-39-43-47-51-57(62)56(55-61)60-58(63)52-48-44-40-36-32-29-27-30-34-38-42-46-50-54-65-59(64)53-49-45-41-37-33-16-14-12-10-8-6-4-2/h47,51,56-57,61-62H,3-46,48-50,52-55H2,1-2H3,(H,60,63)/b51-47+. The number of aliphatic hydroxyl groups is 2. The number of carbonyl (C=O) groups is 2. The van der Waals surface area contributed by atoms with E-state index in [2.05, 4.69) is 19.2 Å². The van der Waals surface area contributed by atoms with Crippen LogP contribution in [0.3, 0.4) is 0 Å². The Morgan fingerprint density at radius 2 is 0.708 bits per heavy atom. The first-order chi connectivity index (χ1) is 32.0. The van der Waals surface area contributed by atoms with Crippen molar-refractivity contribution < 1.29 is 24.5 Å². The van der Waals surface area contributed by atoms with Crippen molar-refractivity contribution in [1.82, 2.24) is 5.32 Å². The van der Waals surface area contributed by atoms with Crippen LogP contribution in [0.2, 0.25) is 0 Å². The van der Waals surface area contributed by atoms with Gasteiger partial charge in [-0.2, -0.15) is 0 Å². The third kappa shape index (κ3) is 51.8. The number of rotatable bonds is 55. The van der Waals surface area contributed by atoms with Crippen LogP contribution in [-0.2, 0) is 14.3 Å². The molecule has 1 amide bonds. The minimum atomic E-state index is -0.853. The van der Waals surface area contributed by atoms with Crippen LogP contribution in [0.5, 0.6) is 0 Å². The maximum absolute atomic E-state index is 12.5. The van der Waals surface area contributed by atoms with Gasteiger partial charge in [0, 0.05) is 12.8 Å². The summed E-state index contributed by atoms with van der Waals surface area (Å²) in [4.78, 5) is 24.5. The first kappa shape index (κ1) is 63.6. The molecule has 0 aromatic rings. The second-order valence-corrected chi connectivity index (χ2v) is 20.3. The minimum Gasteiger partial charge on any atom is -0.466 e. The van der Waals surface area contributed by atoms with Gasteiger partial charge >= 0.3 is 5.97 Å². The molecule has 0 aromatic carbocycles. The molecule has 6 heteroatoms. The van der Waals surface area contributed by atoms with E-state index < -0.39 is 12.1 Å². The van der Waals surface area contributed by atoms with E-state index in [0.29, 0.717) is 19.4 Å². The molecule has 6 nitrogen and oxygen atoms in total. The fourth-order valence-electron chi connectivity index (χ4n) is 9.28. The number of aliphatic hydroxyl groups excluding tert-OH is 2. The van der Waals surface area contributed by atoms with Gasteiger partial charge in [-0.3, -0.25) is 9.59 Å². The lowest BCUT2D eigenvalue weighted by Gasteiger charge is -2.20. The Bertz CT molecular complexity index is 970. The molecule has 0 heterocycles. The molecule has 0 saturated heterocycles. The van der Waals surface area contributed by atoms with Gasteiger partial charge in [-0.05, 0) is 32.1 Å². The van der Waals surface area contributed by atoms with E-state index in [1.165, 1.54) is 244 Å². The summed E-state index contributed by atoms with van der Waals surface area (Å²) in [5.41, 5.74) is 0. The second kappa shape index (κ2) is 55.2. The molecule has 386 valence electrons. The van der Waals surface area contributed by atoms with Gasteiger partial charge in [-0.15, -0.1) is 0 Å².